The van der Waals surface area contributed by atoms with Gasteiger partial charge in [-0.25, -0.2) is 9.59 Å². The van der Waals surface area contributed by atoms with E-state index in [1.54, 1.807) is 35.2 Å². The zero-order chi connectivity index (χ0) is 23.3. The van der Waals surface area contributed by atoms with E-state index in [0.717, 1.165) is 10.4 Å². The Bertz CT molecular complexity index is 967. The number of amides is 2. The number of carboxylic acids is 1. The predicted molar refractivity (Wildman–Crippen MR) is 120 cm³/mol. The number of nitrogens with one attached hydrogen (secondary N) is 1. The first kappa shape index (κ1) is 23.6. The maximum Gasteiger partial charge on any atom is 0.410 e. The summed E-state index contributed by atoms with van der Waals surface area (Å²) in [5, 5.41) is 12.2. The van der Waals surface area contributed by atoms with Crippen LogP contribution in [0, 0.1) is 0 Å². The second-order valence-corrected chi connectivity index (χ2v) is 9.65. The van der Waals surface area contributed by atoms with E-state index in [4.69, 9.17) is 9.47 Å². The van der Waals surface area contributed by atoms with Crippen LogP contribution in [-0.2, 0) is 22.5 Å². The molecule has 0 saturated carbocycles. The van der Waals surface area contributed by atoms with Crippen LogP contribution in [0.2, 0.25) is 0 Å². The number of nitrogens with zero attached hydrogens (tertiary/aromatic N) is 1. The first-order valence-corrected chi connectivity index (χ1v) is 11.3. The summed E-state index contributed by atoms with van der Waals surface area (Å²) in [7, 11) is 0. The molecule has 8 nitrogen and oxygen atoms in total. The first-order valence-electron chi connectivity index (χ1n) is 10.4. The molecule has 2 aromatic rings. The van der Waals surface area contributed by atoms with Crippen molar-refractivity contribution in [1.29, 1.82) is 0 Å². The van der Waals surface area contributed by atoms with Crippen molar-refractivity contribution in [1.82, 2.24) is 10.2 Å². The fourth-order valence-corrected chi connectivity index (χ4v) is 4.31. The second-order valence-electron chi connectivity index (χ2n) is 8.51. The number of carboxylic acid groups (broad SMARTS) is 1. The van der Waals surface area contributed by atoms with Gasteiger partial charge in [-0.15, -0.1) is 11.3 Å². The van der Waals surface area contributed by atoms with Crippen molar-refractivity contribution < 1.29 is 29.0 Å². The maximum absolute atomic E-state index is 12.6. The summed E-state index contributed by atoms with van der Waals surface area (Å²) in [4.78, 5) is 39.6. The lowest BCUT2D eigenvalue weighted by Gasteiger charge is -2.29. The van der Waals surface area contributed by atoms with Crippen LogP contribution >= 0.6 is 11.3 Å². The van der Waals surface area contributed by atoms with Crippen LogP contribution in [0.15, 0.2) is 36.4 Å². The van der Waals surface area contributed by atoms with Gasteiger partial charge in [-0.3, -0.25) is 4.79 Å². The van der Waals surface area contributed by atoms with Gasteiger partial charge >= 0.3 is 12.1 Å². The molecule has 1 aliphatic heterocycles. The number of rotatable bonds is 7. The monoisotopic (exact) mass is 460 g/mol. The van der Waals surface area contributed by atoms with Gasteiger partial charge in [0.2, 0.25) is 0 Å². The molecule has 3 rings (SSSR count). The largest absolute Gasteiger partial charge is 0.479 e. The van der Waals surface area contributed by atoms with Crippen molar-refractivity contribution in [2.45, 2.75) is 51.9 Å². The van der Waals surface area contributed by atoms with E-state index in [2.05, 4.69) is 5.32 Å². The lowest BCUT2D eigenvalue weighted by atomic mass is 10.1. The molecule has 9 heteroatoms. The number of thiophene rings is 1. The number of carbonyl (C=O) groups is 3. The van der Waals surface area contributed by atoms with Gasteiger partial charge in [-0.05, 0) is 51.0 Å². The highest BCUT2D eigenvalue weighted by molar-refractivity contribution is 7.14. The Labute approximate surface area is 191 Å². The van der Waals surface area contributed by atoms with Crippen molar-refractivity contribution in [3.05, 3.63) is 51.7 Å². The molecule has 32 heavy (non-hydrogen) atoms. The highest BCUT2D eigenvalue weighted by Gasteiger charge is 2.28. The Balaban J connectivity index is 1.53. The first-order chi connectivity index (χ1) is 15.1. The lowest BCUT2D eigenvalue weighted by Crippen LogP contribution is -2.39. The molecular formula is C23H28N2O6S. The van der Waals surface area contributed by atoms with Crippen molar-refractivity contribution in [2.75, 3.05) is 13.1 Å². The zero-order valence-corrected chi connectivity index (χ0v) is 19.2. The summed E-state index contributed by atoms with van der Waals surface area (Å²) < 4.78 is 10.9. The van der Waals surface area contributed by atoms with E-state index in [9.17, 15) is 19.5 Å². The molecule has 172 valence electrons. The Morgan fingerprint density at radius 1 is 1.22 bits per heavy atom. The van der Waals surface area contributed by atoms with Crippen molar-refractivity contribution in [3.63, 3.8) is 0 Å². The summed E-state index contributed by atoms with van der Waals surface area (Å²) in [6.07, 6.45) is -0.624. The van der Waals surface area contributed by atoms with Crippen LogP contribution < -0.4 is 10.1 Å². The van der Waals surface area contributed by atoms with Crippen molar-refractivity contribution >= 4 is 29.3 Å². The molecule has 1 aliphatic rings. The third kappa shape index (κ3) is 6.46. The standard InChI is InChI=1S/C23H28N2O6S/c1-23(2,3)31-22(29)25-12-10-18-15(14-25)13-19(32-18)20(26)24-11-9-17(21(27)28)30-16-7-5-4-6-8-16/h4-8,13,17H,9-12,14H2,1-3H3,(H,24,26)(H,27,28). The number of para-hydroxylation sites is 1. The third-order valence-corrected chi connectivity index (χ3v) is 5.97. The van der Waals surface area contributed by atoms with Gasteiger partial charge in [0, 0.05) is 24.4 Å². The van der Waals surface area contributed by atoms with Gasteiger partial charge in [-0.2, -0.15) is 0 Å². The van der Waals surface area contributed by atoms with E-state index in [0.29, 0.717) is 30.1 Å². The minimum absolute atomic E-state index is 0.132. The molecule has 0 radical (unpaired) electrons. The minimum Gasteiger partial charge on any atom is -0.479 e. The summed E-state index contributed by atoms with van der Waals surface area (Å²) >= 11 is 1.40. The van der Waals surface area contributed by atoms with E-state index >= 15 is 0 Å². The molecule has 1 aromatic carbocycles. The average Bonchev–Trinajstić information content (AvgIpc) is 3.16. The Morgan fingerprint density at radius 2 is 1.94 bits per heavy atom. The molecule has 2 N–H and O–H groups in total. The Morgan fingerprint density at radius 3 is 2.59 bits per heavy atom. The lowest BCUT2D eigenvalue weighted by molar-refractivity contribution is -0.145. The Kier molecular flexibility index (Phi) is 7.40. The maximum atomic E-state index is 12.6. The van der Waals surface area contributed by atoms with Crippen molar-refractivity contribution in [2.24, 2.45) is 0 Å². The molecule has 1 aromatic heterocycles. The van der Waals surface area contributed by atoms with E-state index in [-0.39, 0.29) is 25.0 Å². The molecule has 0 bridgehead atoms. The topological polar surface area (TPSA) is 105 Å². The number of ether oxygens (including phenoxy) is 2. The molecule has 1 atom stereocenters. The predicted octanol–water partition coefficient (Wildman–Crippen LogP) is 3.69. The van der Waals surface area contributed by atoms with Gasteiger partial charge in [0.15, 0.2) is 6.10 Å². The van der Waals surface area contributed by atoms with Crippen LogP contribution in [0.4, 0.5) is 4.79 Å². The highest BCUT2D eigenvalue weighted by Crippen LogP contribution is 2.29. The number of benzene rings is 1. The zero-order valence-electron chi connectivity index (χ0n) is 18.4. The van der Waals surface area contributed by atoms with Gasteiger partial charge in [0.1, 0.15) is 11.4 Å². The van der Waals surface area contributed by atoms with Crippen LogP contribution in [0.25, 0.3) is 0 Å². The molecule has 2 amide bonds. The second kappa shape index (κ2) is 10.0. The summed E-state index contributed by atoms with van der Waals surface area (Å²) in [6, 6.07) is 10.5. The van der Waals surface area contributed by atoms with E-state index in [1.807, 2.05) is 26.8 Å². The Hall–Kier alpha value is -3.07. The van der Waals surface area contributed by atoms with E-state index in [1.165, 1.54) is 11.3 Å². The molecule has 2 heterocycles. The number of hydrogen-bond donors (Lipinski definition) is 2. The molecule has 1 unspecified atom stereocenters. The molecule has 0 saturated heterocycles. The number of fused-ring (bicyclic) bond motifs is 1. The molecular weight excluding hydrogens is 432 g/mol. The smallest absolute Gasteiger partial charge is 0.410 e. The summed E-state index contributed by atoms with van der Waals surface area (Å²) in [5.41, 5.74) is 0.378. The fraction of sp³-hybridized carbons (Fsp3) is 0.435. The van der Waals surface area contributed by atoms with Gasteiger partial charge < -0.3 is 24.8 Å². The highest BCUT2D eigenvalue weighted by atomic mass is 32.1. The van der Waals surface area contributed by atoms with Crippen LogP contribution in [0.1, 0.15) is 47.3 Å². The quantitative estimate of drug-likeness (QED) is 0.653. The summed E-state index contributed by atoms with van der Waals surface area (Å²) in [5.74, 6) is -0.888. The van der Waals surface area contributed by atoms with Crippen molar-refractivity contribution in [3.8, 4) is 5.75 Å². The average molecular weight is 461 g/mol. The van der Waals surface area contributed by atoms with E-state index < -0.39 is 17.7 Å². The molecule has 0 aliphatic carbocycles. The van der Waals surface area contributed by atoms with Gasteiger partial charge in [0.05, 0.1) is 11.4 Å². The number of hydrogen-bond acceptors (Lipinski definition) is 6. The van der Waals surface area contributed by atoms with Crippen LogP contribution in [-0.4, -0.2) is 52.8 Å². The molecule has 0 fully saturated rings. The number of carbonyl (C=O) groups excluding carboxylic acids is 2. The minimum atomic E-state index is -1.09. The normalized spacial score (nSPS) is 14.3. The van der Waals surface area contributed by atoms with Gasteiger partial charge in [-0.1, -0.05) is 18.2 Å². The van der Waals surface area contributed by atoms with Gasteiger partial charge in [0.25, 0.3) is 5.91 Å². The SMILES string of the molecule is CC(C)(C)OC(=O)N1CCc2sc(C(=O)NCCC(Oc3ccccc3)C(=O)O)cc2C1. The number of aliphatic carboxylic acids is 1. The van der Waals surface area contributed by atoms with Crippen LogP contribution in [0.3, 0.4) is 0 Å². The molecule has 0 spiro atoms. The summed E-state index contributed by atoms with van der Waals surface area (Å²) in [6.45, 7) is 6.59. The van der Waals surface area contributed by atoms with Crippen LogP contribution in [0.5, 0.6) is 5.75 Å². The fourth-order valence-electron chi connectivity index (χ4n) is 3.23. The third-order valence-electron chi connectivity index (χ3n) is 4.73.